The first kappa shape index (κ1) is 26.4. The number of para-hydroxylation sites is 1. The zero-order chi connectivity index (χ0) is 27.9. The minimum Gasteiger partial charge on any atom is -0.390 e. The van der Waals surface area contributed by atoms with E-state index >= 15 is 0 Å². The lowest BCUT2D eigenvalue weighted by atomic mass is 10.1. The molecule has 2 atom stereocenters. The number of benzene rings is 3. The van der Waals surface area contributed by atoms with E-state index in [2.05, 4.69) is 10.6 Å². The van der Waals surface area contributed by atoms with Crippen LogP contribution in [-0.2, 0) is 16.3 Å². The molecule has 5 rings (SSSR count). The number of nitrogens with one attached hydrogen (secondary N) is 2. The fourth-order valence-corrected chi connectivity index (χ4v) is 5.81. The molecule has 0 radical (unpaired) electrons. The molecule has 1 aliphatic carbocycles. The summed E-state index contributed by atoms with van der Waals surface area (Å²) >= 11 is 0. The Hall–Kier alpha value is -4.21. The van der Waals surface area contributed by atoms with Crippen molar-refractivity contribution in [2.24, 2.45) is 0 Å². The van der Waals surface area contributed by atoms with Crippen LogP contribution in [0.4, 0.5) is 5.69 Å². The number of carbonyl (C=O) groups is 2. The lowest BCUT2D eigenvalue weighted by Gasteiger charge is -2.20. The third-order valence-corrected chi connectivity index (χ3v) is 8.22. The highest BCUT2D eigenvalue weighted by Crippen LogP contribution is 2.32. The van der Waals surface area contributed by atoms with Crippen molar-refractivity contribution in [2.75, 3.05) is 11.6 Å². The van der Waals surface area contributed by atoms with E-state index in [0.29, 0.717) is 34.6 Å². The quantitative estimate of drug-likeness (QED) is 0.338. The maximum absolute atomic E-state index is 13.5. The van der Waals surface area contributed by atoms with Gasteiger partial charge in [-0.3, -0.25) is 9.59 Å². The summed E-state index contributed by atoms with van der Waals surface area (Å²) in [4.78, 5) is 26.8. The van der Waals surface area contributed by atoms with E-state index in [4.69, 9.17) is 0 Å². The predicted octanol–water partition coefficient (Wildman–Crippen LogP) is 4.14. The molecular weight excluding hydrogens is 514 g/mol. The van der Waals surface area contributed by atoms with Crippen LogP contribution in [0.15, 0.2) is 83.8 Å². The number of nitrogens with zero attached hydrogens (tertiary/aromatic N) is 1. The number of aliphatic hydroxyl groups excluding tert-OH is 1. The maximum Gasteiger partial charge on any atom is 0.257 e. The van der Waals surface area contributed by atoms with E-state index in [-0.39, 0.29) is 16.7 Å². The molecular formula is C30H29N3O5S. The van der Waals surface area contributed by atoms with E-state index in [0.717, 1.165) is 23.1 Å². The molecule has 1 heterocycles. The van der Waals surface area contributed by atoms with Gasteiger partial charge in [-0.05, 0) is 67.4 Å². The van der Waals surface area contributed by atoms with Crippen LogP contribution in [-0.4, -0.2) is 42.3 Å². The molecule has 1 aromatic heterocycles. The monoisotopic (exact) mass is 543 g/mol. The average Bonchev–Trinajstić information content (AvgIpc) is 3.38. The van der Waals surface area contributed by atoms with E-state index in [1.807, 2.05) is 47.9 Å². The molecule has 2 amide bonds. The van der Waals surface area contributed by atoms with Crippen molar-refractivity contribution in [1.82, 2.24) is 9.88 Å². The number of aliphatic hydroxyl groups is 1. The van der Waals surface area contributed by atoms with Crippen molar-refractivity contribution >= 4 is 27.3 Å². The van der Waals surface area contributed by atoms with Gasteiger partial charge in [0.15, 0.2) is 9.84 Å². The second-order valence-corrected chi connectivity index (χ2v) is 11.8. The number of hydrogen-bond donors (Lipinski definition) is 3. The molecule has 0 saturated heterocycles. The van der Waals surface area contributed by atoms with Gasteiger partial charge in [-0.25, -0.2) is 8.42 Å². The van der Waals surface area contributed by atoms with Crippen molar-refractivity contribution in [1.29, 1.82) is 0 Å². The van der Waals surface area contributed by atoms with E-state index in [1.54, 1.807) is 37.3 Å². The Kier molecular flexibility index (Phi) is 6.88. The van der Waals surface area contributed by atoms with Crippen molar-refractivity contribution in [2.45, 2.75) is 37.3 Å². The van der Waals surface area contributed by atoms with Gasteiger partial charge in [-0.2, -0.15) is 0 Å². The summed E-state index contributed by atoms with van der Waals surface area (Å²) < 4.78 is 25.3. The minimum atomic E-state index is -3.34. The molecule has 8 nitrogen and oxygen atoms in total. The van der Waals surface area contributed by atoms with Gasteiger partial charge < -0.3 is 20.3 Å². The summed E-state index contributed by atoms with van der Waals surface area (Å²) in [5.41, 5.74) is 5.25. The van der Waals surface area contributed by atoms with Crippen LogP contribution in [0.3, 0.4) is 0 Å². The Morgan fingerprint density at radius 3 is 2.28 bits per heavy atom. The summed E-state index contributed by atoms with van der Waals surface area (Å²) in [6.45, 7) is 3.66. The van der Waals surface area contributed by atoms with Gasteiger partial charge in [0.2, 0.25) is 0 Å². The minimum absolute atomic E-state index is 0.169. The molecule has 0 aliphatic heterocycles. The summed E-state index contributed by atoms with van der Waals surface area (Å²) in [7, 11) is -3.34. The Bertz CT molecular complexity index is 1690. The van der Waals surface area contributed by atoms with Gasteiger partial charge >= 0.3 is 0 Å². The van der Waals surface area contributed by atoms with Crippen LogP contribution in [0.1, 0.15) is 49.3 Å². The number of amides is 2. The number of fused-ring (bicyclic) bond motifs is 1. The first-order valence-corrected chi connectivity index (χ1v) is 14.4. The fourth-order valence-electron chi connectivity index (χ4n) is 5.17. The Morgan fingerprint density at radius 1 is 0.897 bits per heavy atom. The van der Waals surface area contributed by atoms with Gasteiger partial charge in [0.25, 0.3) is 11.8 Å². The van der Waals surface area contributed by atoms with Crippen LogP contribution < -0.4 is 10.6 Å². The van der Waals surface area contributed by atoms with Crippen molar-refractivity contribution in [3.8, 4) is 5.69 Å². The standard InChI is InChI=1S/C30H29N3O5S/c1-18-16-25(30(36)31-21-12-14-22(15-13-21)39(3,37)38)19(2)33(18)26-11-7-6-10-24(26)29(35)32-28-23-9-5-4-8-20(23)17-27(28)34/h4-16,27-28,34H,17H2,1-3H3,(H,31,36)(H,32,35)/t27-,28+/m0/s1. The third-order valence-electron chi connectivity index (χ3n) is 7.10. The number of anilines is 1. The molecule has 0 bridgehead atoms. The van der Waals surface area contributed by atoms with Gasteiger partial charge in [-0.15, -0.1) is 0 Å². The first-order valence-electron chi connectivity index (χ1n) is 12.5. The largest absolute Gasteiger partial charge is 0.390 e. The van der Waals surface area contributed by atoms with Gasteiger partial charge in [0.1, 0.15) is 0 Å². The number of aryl methyl sites for hydroxylation is 1. The Balaban J connectivity index is 1.42. The van der Waals surface area contributed by atoms with Crippen molar-refractivity contribution in [3.05, 3.63) is 113 Å². The van der Waals surface area contributed by atoms with Crippen LogP contribution >= 0.6 is 0 Å². The lowest BCUT2D eigenvalue weighted by Crippen LogP contribution is -2.34. The maximum atomic E-state index is 13.5. The second-order valence-electron chi connectivity index (χ2n) is 9.81. The van der Waals surface area contributed by atoms with Crippen molar-refractivity contribution in [3.63, 3.8) is 0 Å². The number of aromatic nitrogens is 1. The number of carbonyl (C=O) groups excluding carboxylic acids is 2. The zero-order valence-electron chi connectivity index (χ0n) is 21.8. The summed E-state index contributed by atoms with van der Waals surface area (Å²) in [5.74, 6) is -0.676. The smallest absolute Gasteiger partial charge is 0.257 e. The highest BCUT2D eigenvalue weighted by Gasteiger charge is 2.32. The Morgan fingerprint density at radius 2 is 1.56 bits per heavy atom. The molecule has 200 valence electrons. The molecule has 4 aromatic rings. The molecule has 39 heavy (non-hydrogen) atoms. The number of rotatable bonds is 6. The van der Waals surface area contributed by atoms with Crippen molar-refractivity contribution < 1.29 is 23.1 Å². The molecule has 1 aliphatic rings. The van der Waals surface area contributed by atoms with Crippen LogP contribution in [0.25, 0.3) is 5.69 Å². The van der Waals surface area contributed by atoms with Crippen LogP contribution in [0.5, 0.6) is 0 Å². The number of hydrogen-bond acceptors (Lipinski definition) is 5. The molecule has 0 saturated carbocycles. The van der Waals surface area contributed by atoms with Gasteiger partial charge in [0.05, 0.1) is 33.9 Å². The van der Waals surface area contributed by atoms with E-state index in [9.17, 15) is 23.1 Å². The normalized spacial score (nSPS) is 16.5. The summed E-state index contributed by atoms with van der Waals surface area (Å²) in [6, 6.07) is 22.1. The summed E-state index contributed by atoms with van der Waals surface area (Å²) in [5, 5.41) is 16.4. The molecule has 3 N–H and O–H groups in total. The SMILES string of the molecule is Cc1cc(C(=O)Nc2ccc(S(C)(=O)=O)cc2)c(C)n1-c1ccccc1C(=O)N[C@@H]1c2ccccc2C[C@@H]1O. The molecule has 9 heteroatoms. The second kappa shape index (κ2) is 10.2. The first-order chi connectivity index (χ1) is 18.5. The topological polar surface area (TPSA) is 118 Å². The Labute approximate surface area is 227 Å². The van der Waals surface area contributed by atoms with Crippen LogP contribution in [0, 0.1) is 13.8 Å². The molecule has 0 fully saturated rings. The number of sulfone groups is 1. The average molecular weight is 544 g/mol. The van der Waals surface area contributed by atoms with E-state index in [1.165, 1.54) is 12.1 Å². The fraction of sp³-hybridized carbons (Fsp3) is 0.200. The van der Waals surface area contributed by atoms with Gasteiger partial charge in [-0.1, -0.05) is 36.4 Å². The predicted molar refractivity (Wildman–Crippen MR) is 149 cm³/mol. The zero-order valence-corrected chi connectivity index (χ0v) is 22.6. The van der Waals surface area contributed by atoms with Crippen LogP contribution in [0.2, 0.25) is 0 Å². The molecule has 0 spiro atoms. The summed E-state index contributed by atoms with van der Waals surface area (Å²) in [6.07, 6.45) is 0.895. The van der Waals surface area contributed by atoms with E-state index < -0.39 is 22.0 Å². The van der Waals surface area contributed by atoms with Gasteiger partial charge in [0, 0.05) is 29.8 Å². The third kappa shape index (κ3) is 5.10. The molecule has 3 aromatic carbocycles. The lowest BCUT2D eigenvalue weighted by molar-refractivity contribution is 0.0858. The highest BCUT2D eigenvalue weighted by atomic mass is 32.2. The highest BCUT2D eigenvalue weighted by molar-refractivity contribution is 7.90. The molecule has 0 unspecified atom stereocenters.